The third kappa shape index (κ3) is 3.91. The van der Waals surface area contributed by atoms with Crippen LogP contribution in [0.5, 0.6) is 0 Å². The smallest absolute Gasteiger partial charge is 0.147 e. The molecule has 1 rings (SSSR count). The number of aromatic nitrogens is 1. The predicted molar refractivity (Wildman–Crippen MR) is 73.2 cm³/mol. The van der Waals surface area contributed by atoms with Crippen LogP contribution in [0.2, 0.25) is 10.0 Å². The summed E-state index contributed by atoms with van der Waals surface area (Å²) in [5.74, 6) is 1.13. The van der Waals surface area contributed by atoms with E-state index in [1.165, 1.54) is 0 Å². The van der Waals surface area contributed by atoms with E-state index in [2.05, 4.69) is 15.6 Å². The summed E-state index contributed by atoms with van der Waals surface area (Å²) >= 11 is 12.0. The number of nitrogens with zero attached hydrogens (tertiary/aromatic N) is 1. The maximum atomic E-state index is 9.16. The largest absolute Gasteiger partial charge is 0.396 e. The van der Waals surface area contributed by atoms with Gasteiger partial charge in [0, 0.05) is 25.6 Å². The zero-order valence-electron chi connectivity index (χ0n) is 10.1. The molecule has 0 unspecified atom stereocenters. The first kappa shape index (κ1) is 14.4. The van der Waals surface area contributed by atoms with E-state index in [9.17, 15) is 0 Å². The zero-order valence-corrected chi connectivity index (χ0v) is 11.7. The van der Waals surface area contributed by atoms with E-state index in [0.717, 1.165) is 0 Å². The molecular weight excluding hydrogens is 261 g/mol. The van der Waals surface area contributed by atoms with Crippen molar-refractivity contribution >= 4 is 34.8 Å². The number of halogens is 2. The van der Waals surface area contributed by atoms with Gasteiger partial charge < -0.3 is 15.7 Å². The number of hydrogen-bond donors (Lipinski definition) is 3. The summed E-state index contributed by atoms with van der Waals surface area (Å²) in [5, 5.41) is 16.1. The quantitative estimate of drug-likeness (QED) is 0.775. The third-order valence-electron chi connectivity index (χ3n) is 2.33. The fourth-order valence-corrected chi connectivity index (χ4v) is 1.66. The van der Waals surface area contributed by atoms with Crippen molar-refractivity contribution < 1.29 is 5.11 Å². The number of anilines is 2. The summed E-state index contributed by atoms with van der Waals surface area (Å²) in [7, 11) is 1.74. The standard InChI is InChI=1S/C11H17Cl2N3O/c1-11(2,6-17)5-15-10-8(13)4-7(12)9(14-3)16-10/h4,17H,5-6H2,1-3H3,(H2,14,15,16). The van der Waals surface area contributed by atoms with Gasteiger partial charge in [-0.15, -0.1) is 0 Å². The van der Waals surface area contributed by atoms with E-state index in [-0.39, 0.29) is 12.0 Å². The molecule has 0 atom stereocenters. The Kier molecular flexibility index (Phi) is 4.86. The average molecular weight is 278 g/mol. The molecule has 0 aliphatic rings. The molecular formula is C11H17Cl2N3O. The van der Waals surface area contributed by atoms with Gasteiger partial charge in [-0.25, -0.2) is 4.98 Å². The van der Waals surface area contributed by atoms with Gasteiger partial charge in [-0.1, -0.05) is 37.0 Å². The molecule has 96 valence electrons. The Morgan fingerprint density at radius 3 is 2.41 bits per heavy atom. The fraction of sp³-hybridized carbons (Fsp3) is 0.545. The van der Waals surface area contributed by atoms with E-state index in [1.54, 1.807) is 13.1 Å². The number of rotatable bonds is 5. The molecule has 0 saturated carbocycles. The molecule has 0 aliphatic carbocycles. The summed E-state index contributed by atoms with van der Waals surface area (Å²) in [6.07, 6.45) is 0. The molecule has 1 aromatic rings. The molecule has 0 aromatic carbocycles. The van der Waals surface area contributed by atoms with Gasteiger partial charge in [0.1, 0.15) is 11.6 Å². The van der Waals surface area contributed by atoms with Gasteiger partial charge in [-0.2, -0.15) is 0 Å². The highest BCUT2D eigenvalue weighted by atomic mass is 35.5. The van der Waals surface area contributed by atoms with Crippen molar-refractivity contribution in [3.63, 3.8) is 0 Å². The minimum atomic E-state index is -0.232. The molecule has 3 N–H and O–H groups in total. The van der Waals surface area contributed by atoms with Crippen molar-refractivity contribution in [1.29, 1.82) is 0 Å². The second-order valence-corrected chi connectivity index (χ2v) is 5.39. The van der Waals surface area contributed by atoms with Crippen LogP contribution in [0.1, 0.15) is 13.8 Å². The van der Waals surface area contributed by atoms with Crippen molar-refractivity contribution in [2.24, 2.45) is 5.41 Å². The monoisotopic (exact) mass is 277 g/mol. The summed E-state index contributed by atoms with van der Waals surface area (Å²) < 4.78 is 0. The predicted octanol–water partition coefficient (Wildman–Crippen LogP) is 2.86. The lowest BCUT2D eigenvalue weighted by atomic mass is 9.95. The Morgan fingerprint density at radius 2 is 1.88 bits per heavy atom. The Morgan fingerprint density at radius 1 is 1.29 bits per heavy atom. The second kappa shape index (κ2) is 5.76. The molecule has 0 spiro atoms. The fourth-order valence-electron chi connectivity index (χ4n) is 1.14. The van der Waals surface area contributed by atoms with E-state index in [1.807, 2.05) is 13.8 Å². The number of pyridine rings is 1. The van der Waals surface area contributed by atoms with Crippen LogP contribution in [-0.4, -0.2) is 30.3 Å². The van der Waals surface area contributed by atoms with Gasteiger partial charge in [0.2, 0.25) is 0 Å². The number of aliphatic hydroxyl groups excluding tert-OH is 1. The van der Waals surface area contributed by atoms with Gasteiger partial charge >= 0.3 is 0 Å². The van der Waals surface area contributed by atoms with Crippen LogP contribution >= 0.6 is 23.2 Å². The minimum absolute atomic E-state index is 0.0874. The summed E-state index contributed by atoms with van der Waals surface area (Å²) in [6, 6.07) is 1.64. The van der Waals surface area contributed by atoms with Gasteiger partial charge in [0.25, 0.3) is 0 Å². The number of nitrogens with one attached hydrogen (secondary N) is 2. The van der Waals surface area contributed by atoms with Crippen LogP contribution in [0.3, 0.4) is 0 Å². The van der Waals surface area contributed by atoms with Crippen molar-refractivity contribution in [1.82, 2.24) is 4.98 Å². The normalized spacial score (nSPS) is 11.4. The van der Waals surface area contributed by atoms with Crippen LogP contribution in [0.4, 0.5) is 11.6 Å². The van der Waals surface area contributed by atoms with Gasteiger partial charge in [0.15, 0.2) is 0 Å². The molecule has 0 amide bonds. The lowest BCUT2D eigenvalue weighted by Crippen LogP contribution is -2.27. The minimum Gasteiger partial charge on any atom is -0.396 e. The first-order valence-corrected chi connectivity index (χ1v) is 6.04. The average Bonchev–Trinajstić information content (AvgIpc) is 2.28. The third-order valence-corrected chi connectivity index (χ3v) is 2.90. The van der Waals surface area contributed by atoms with Crippen LogP contribution in [0, 0.1) is 5.41 Å². The number of hydrogen-bond acceptors (Lipinski definition) is 4. The molecule has 1 heterocycles. The van der Waals surface area contributed by atoms with Gasteiger partial charge in [-0.3, -0.25) is 0 Å². The molecule has 0 radical (unpaired) electrons. The Bertz CT molecular complexity index is 397. The Balaban J connectivity index is 2.84. The topological polar surface area (TPSA) is 57.2 Å². The van der Waals surface area contributed by atoms with E-state index < -0.39 is 0 Å². The maximum absolute atomic E-state index is 9.16. The SMILES string of the molecule is CNc1nc(NCC(C)(C)CO)c(Cl)cc1Cl. The van der Waals surface area contributed by atoms with Crippen molar-refractivity contribution in [2.45, 2.75) is 13.8 Å². The van der Waals surface area contributed by atoms with Gasteiger partial charge in [0.05, 0.1) is 10.0 Å². The molecule has 0 aliphatic heterocycles. The van der Waals surface area contributed by atoms with Crippen molar-refractivity contribution in [2.75, 3.05) is 30.8 Å². The molecule has 0 fully saturated rings. The molecule has 17 heavy (non-hydrogen) atoms. The van der Waals surface area contributed by atoms with E-state index in [4.69, 9.17) is 28.3 Å². The highest BCUT2D eigenvalue weighted by Crippen LogP contribution is 2.29. The van der Waals surface area contributed by atoms with Crippen LogP contribution in [0.25, 0.3) is 0 Å². The van der Waals surface area contributed by atoms with Crippen LogP contribution < -0.4 is 10.6 Å². The first-order valence-electron chi connectivity index (χ1n) is 5.28. The highest BCUT2D eigenvalue weighted by molar-refractivity contribution is 6.37. The molecule has 0 bridgehead atoms. The van der Waals surface area contributed by atoms with Gasteiger partial charge in [-0.05, 0) is 6.07 Å². The lowest BCUT2D eigenvalue weighted by molar-refractivity contribution is 0.170. The molecule has 4 nitrogen and oxygen atoms in total. The van der Waals surface area contributed by atoms with E-state index in [0.29, 0.717) is 28.2 Å². The summed E-state index contributed by atoms with van der Waals surface area (Å²) in [4.78, 5) is 4.26. The zero-order chi connectivity index (χ0) is 13.1. The first-order chi connectivity index (χ1) is 7.89. The highest BCUT2D eigenvalue weighted by Gasteiger charge is 2.17. The molecule has 6 heteroatoms. The van der Waals surface area contributed by atoms with Crippen molar-refractivity contribution in [3.8, 4) is 0 Å². The molecule has 1 aromatic heterocycles. The second-order valence-electron chi connectivity index (χ2n) is 4.58. The van der Waals surface area contributed by atoms with Crippen LogP contribution in [0.15, 0.2) is 6.07 Å². The summed E-state index contributed by atoms with van der Waals surface area (Å²) in [5.41, 5.74) is -0.232. The maximum Gasteiger partial charge on any atom is 0.147 e. The van der Waals surface area contributed by atoms with E-state index >= 15 is 0 Å². The molecule has 0 saturated heterocycles. The summed E-state index contributed by atoms with van der Waals surface area (Å²) in [6.45, 7) is 4.55. The lowest BCUT2D eigenvalue weighted by Gasteiger charge is -2.22. The Labute approximate surface area is 111 Å². The van der Waals surface area contributed by atoms with Crippen molar-refractivity contribution in [3.05, 3.63) is 16.1 Å². The Hall–Kier alpha value is -0.710. The number of aliphatic hydroxyl groups is 1. The van der Waals surface area contributed by atoms with Crippen LogP contribution in [-0.2, 0) is 0 Å².